The number of halogens is 4. The molecular weight excluding hydrogens is 362 g/mol. The van der Waals surface area contributed by atoms with Crippen LogP contribution in [0.4, 0.5) is 17.6 Å². The van der Waals surface area contributed by atoms with Gasteiger partial charge in [0.1, 0.15) is 11.5 Å². The highest BCUT2D eigenvalue weighted by molar-refractivity contribution is 5.95. The third-order valence-corrected chi connectivity index (χ3v) is 4.91. The first-order chi connectivity index (χ1) is 12.9. The predicted molar refractivity (Wildman–Crippen MR) is 92.0 cm³/mol. The molecule has 0 atom stereocenters. The summed E-state index contributed by atoms with van der Waals surface area (Å²) >= 11 is 0. The number of rotatable bonds is 6. The van der Waals surface area contributed by atoms with Gasteiger partial charge in [-0.2, -0.15) is 18.3 Å². The molecule has 0 unspecified atom stereocenters. The van der Waals surface area contributed by atoms with Crippen LogP contribution in [0.3, 0.4) is 0 Å². The van der Waals surface area contributed by atoms with Crippen molar-refractivity contribution in [3.63, 3.8) is 0 Å². The lowest BCUT2D eigenvalue weighted by molar-refractivity contribution is -0.143. The summed E-state index contributed by atoms with van der Waals surface area (Å²) in [6.07, 6.45) is 2.47. The average molecular weight is 383 g/mol. The van der Waals surface area contributed by atoms with E-state index in [1.807, 2.05) is 0 Å². The fourth-order valence-corrected chi connectivity index (χ4v) is 3.58. The van der Waals surface area contributed by atoms with Crippen molar-refractivity contribution in [1.29, 1.82) is 0 Å². The molecule has 4 nitrogen and oxygen atoms in total. The van der Waals surface area contributed by atoms with Gasteiger partial charge >= 0.3 is 6.18 Å². The van der Waals surface area contributed by atoms with E-state index in [2.05, 4.69) is 10.4 Å². The molecule has 8 heteroatoms. The summed E-state index contributed by atoms with van der Waals surface area (Å²) in [5.41, 5.74) is -2.24. The van der Waals surface area contributed by atoms with E-state index in [4.69, 9.17) is 0 Å². The number of aromatic nitrogens is 2. The Bertz CT molecular complexity index is 794. The quantitative estimate of drug-likeness (QED) is 0.579. The Kier molecular flexibility index (Phi) is 5.82. The molecular formula is C19H21F4N3O. The number of hydrogen-bond acceptors (Lipinski definition) is 2. The van der Waals surface area contributed by atoms with Crippen LogP contribution in [-0.2, 0) is 6.18 Å². The Morgan fingerprint density at radius 3 is 2.59 bits per heavy atom. The Morgan fingerprint density at radius 1 is 1.22 bits per heavy atom. The molecule has 1 fully saturated rings. The van der Waals surface area contributed by atoms with E-state index in [-0.39, 0.29) is 5.69 Å². The van der Waals surface area contributed by atoms with E-state index in [9.17, 15) is 22.4 Å². The highest BCUT2D eigenvalue weighted by Gasteiger charge is 2.40. The minimum atomic E-state index is -4.85. The Labute approximate surface area is 154 Å². The standard InChI is InChI=1S/C19H21F4N3O/c20-15-9-3-4-10-16(15)26-17(19(21,22)23)14(12-25-26)18(27)24-11-5-8-13-6-1-2-7-13/h3-4,9-10,12-13H,1-2,5-8,11H2,(H,24,27). The van der Waals surface area contributed by atoms with E-state index in [0.29, 0.717) is 17.1 Å². The van der Waals surface area contributed by atoms with Gasteiger partial charge in [0.25, 0.3) is 5.91 Å². The summed E-state index contributed by atoms with van der Waals surface area (Å²) < 4.78 is 55.0. The third kappa shape index (κ3) is 4.48. The SMILES string of the molecule is O=C(NCCCC1CCCC1)c1cnn(-c2ccccc2F)c1C(F)(F)F. The molecule has 2 aromatic rings. The number of carbonyl (C=O) groups excluding carboxylic acids is 1. The van der Waals surface area contributed by atoms with E-state index >= 15 is 0 Å². The van der Waals surface area contributed by atoms with Crippen LogP contribution in [0, 0.1) is 11.7 Å². The summed E-state index contributed by atoms with van der Waals surface area (Å²) in [6, 6.07) is 5.00. The summed E-state index contributed by atoms with van der Waals surface area (Å²) in [5, 5.41) is 6.15. The lowest BCUT2D eigenvalue weighted by Crippen LogP contribution is -2.27. The lowest BCUT2D eigenvalue weighted by Gasteiger charge is -2.13. The molecule has 0 bridgehead atoms. The molecule has 0 spiro atoms. The fourth-order valence-electron chi connectivity index (χ4n) is 3.58. The predicted octanol–water partition coefficient (Wildman–Crippen LogP) is 4.73. The van der Waals surface area contributed by atoms with Gasteiger partial charge in [-0.25, -0.2) is 9.07 Å². The smallest absolute Gasteiger partial charge is 0.352 e. The number of nitrogens with one attached hydrogen (secondary N) is 1. The first kappa shape index (κ1) is 19.4. The number of para-hydroxylation sites is 1. The summed E-state index contributed by atoms with van der Waals surface area (Å²) in [5.74, 6) is -1.05. The third-order valence-electron chi connectivity index (χ3n) is 4.91. The number of benzene rings is 1. The van der Waals surface area contributed by atoms with Crippen LogP contribution >= 0.6 is 0 Å². The Morgan fingerprint density at radius 2 is 1.93 bits per heavy atom. The number of nitrogens with zero attached hydrogens (tertiary/aromatic N) is 2. The van der Waals surface area contributed by atoms with E-state index in [1.54, 1.807) is 0 Å². The fraction of sp³-hybridized carbons (Fsp3) is 0.474. The first-order valence-electron chi connectivity index (χ1n) is 9.06. The molecule has 146 valence electrons. The van der Waals surface area contributed by atoms with Crippen molar-refractivity contribution in [1.82, 2.24) is 15.1 Å². The van der Waals surface area contributed by atoms with Crippen molar-refractivity contribution < 1.29 is 22.4 Å². The molecule has 27 heavy (non-hydrogen) atoms. The Balaban J connectivity index is 1.74. The molecule has 1 aliphatic rings. The van der Waals surface area contributed by atoms with Gasteiger partial charge in [0.2, 0.25) is 0 Å². The molecule has 1 amide bonds. The zero-order valence-electron chi connectivity index (χ0n) is 14.7. The zero-order chi connectivity index (χ0) is 19.4. The monoisotopic (exact) mass is 383 g/mol. The maximum atomic E-state index is 13.9. The van der Waals surface area contributed by atoms with Crippen molar-refractivity contribution in [3.05, 3.63) is 47.5 Å². The van der Waals surface area contributed by atoms with Crippen LogP contribution in [0.5, 0.6) is 0 Å². The van der Waals surface area contributed by atoms with Crippen molar-refractivity contribution in [3.8, 4) is 5.69 Å². The molecule has 1 aromatic heterocycles. The first-order valence-corrected chi connectivity index (χ1v) is 9.06. The molecule has 0 radical (unpaired) electrons. The highest BCUT2D eigenvalue weighted by Crippen LogP contribution is 2.34. The molecule has 1 aromatic carbocycles. The van der Waals surface area contributed by atoms with Crippen LogP contribution < -0.4 is 5.32 Å². The molecule has 3 rings (SSSR count). The normalized spacial score (nSPS) is 15.3. The molecule has 1 aliphatic carbocycles. The van der Waals surface area contributed by atoms with Gasteiger partial charge in [0.15, 0.2) is 5.69 Å². The van der Waals surface area contributed by atoms with Crippen LogP contribution in [0.15, 0.2) is 30.5 Å². The van der Waals surface area contributed by atoms with Gasteiger partial charge in [0.05, 0.1) is 11.8 Å². The van der Waals surface area contributed by atoms with Crippen molar-refractivity contribution in [2.24, 2.45) is 5.92 Å². The van der Waals surface area contributed by atoms with Gasteiger partial charge in [-0.3, -0.25) is 4.79 Å². The van der Waals surface area contributed by atoms with Gasteiger partial charge in [-0.15, -0.1) is 0 Å². The zero-order valence-corrected chi connectivity index (χ0v) is 14.7. The molecule has 0 saturated heterocycles. The largest absolute Gasteiger partial charge is 0.434 e. The summed E-state index contributed by atoms with van der Waals surface area (Å²) in [4.78, 5) is 12.3. The van der Waals surface area contributed by atoms with Crippen LogP contribution in [-0.4, -0.2) is 22.2 Å². The molecule has 1 N–H and O–H groups in total. The minimum Gasteiger partial charge on any atom is -0.352 e. The number of carbonyl (C=O) groups is 1. The van der Waals surface area contributed by atoms with Crippen LogP contribution in [0.1, 0.15) is 54.6 Å². The second kappa shape index (κ2) is 8.10. The maximum absolute atomic E-state index is 13.9. The Hall–Kier alpha value is -2.38. The van der Waals surface area contributed by atoms with Crippen molar-refractivity contribution in [2.75, 3.05) is 6.54 Å². The van der Waals surface area contributed by atoms with E-state index in [0.717, 1.165) is 25.1 Å². The van der Waals surface area contributed by atoms with Crippen LogP contribution in [0.25, 0.3) is 5.69 Å². The van der Waals surface area contributed by atoms with Gasteiger partial charge in [0, 0.05) is 6.54 Å². The van der Waals surface area contributed by atoms with E-state index in [1.165, 1.54) is 43.9 Å². The van der Waals surface area contributed by atoms with E-state index < -0.39 is 29.2 Å². The van der Waals surface area contributed by atoms with Gasteiger partial charge in [-0.1, -0.05) is 37.8 Å². The van der Waals surface area contributed by atoms with Crippen molar-refractivity contribution >= 4 is 5.91 Å². The molecule has 1 saturated carbocycles. The number of hydrogen-bond donors (Lipinski definition) is 1. The van der Waals surface area contributed by atoms with Crippen molar-refractivity contribution in [2.45, 2.75) is 44.7 Å². The lowest BCUT2D eigenvalue weighted by atomic mass is 10.0. The highest BCUT2D eigenvalue weighted by atomic mass is 19.4. The average Bonchev–Trinajstić information content (AvgIpc) is 3.28. The number of alkyl halides is 3. The van der Waals surface area contributed by atoms with Gasteiger partial charge < -0.3 is 5.32 Å². The van der Waals surface area contributed by atoms with Gasteiger partial charge in [-0.05, 0) is 30.9 Å². The number of amides is 1. The minimum absolute atomic E-state index is 0.303. The second-order valence-electron chi connectivity index (χ2n) is 6.82. The maximum Gasteiger partial charge on any atom is 0.434 e. The second-order valence-corrected chi connectivity index (χ2v) is 6.82. The molecule has 0 aliphatic heterocycles. The van der Waals surface area contributed by atoms with Crippen LogP contribution in [0.2, 0.25) is 0 Å². The topological polar surface area (TPSA) is 46.9 Å². The molecule has 1 heterocycles. The summed E-state index contributed by atoms with van der Waals surface area (Å²) in [6.45, 7) is 0.303. The summed E-state index contributed by atoms with van der Waals surface area (Å²) in [7, 11) is 0.